The third-order valence-electron chi connectivity index (χ3n) is 5.57. The van der Waals surface area contributed by atoms with Crippen molar-refractivity contribution in [2.45, 2.75) is 26.2 Å². The topological polar surface area (TPSA) is 117 Å². The van der Waals surface area contributed by atoms with Crippen molar-refractivity contribution in [1.29, 1.82) is 0 Å². The first kappa shape index (κ1) is 23.0. The first-order chi connectivity index (χ1) is 17.3. The first-order valence-corrected chi connectivity index (χ1v) is 11.5. The number of nitrogens with one attached hydrogen (secondary N) is 4. The monoisotopic (exact) mass is 482 g/mol. The fraction of sp³-hybridized carbons (Fsp3) is 0.148. The molecule has 3 aromatic carbocycles. The van der Waals surface area contributed by atoms with E-state index in [2.05, 4.69) is 41.4 Å². The standard InChI is InChI=1S/C27H26N6O3/c1-27(2,3)22-16-23(33(32-22)18-8-5-4-6-9-18)30-25(34)28-17-12-14-19(15-13-17)36-21-11-7-10-20-24(21)31-26(35)29-20/h4-16H,1-3H3,(H2,28,30,34)(H2,29,31,35). The number of rotatable bonds is 5. The van der Waals surface area contributed by atoms with Crippen LogP contribution in [-0.2, 0) is 5.41 Å². The maximum atomic E-state index is 12.8. The number of hydrogen-bond donors (Lipinski definition) is 4. The molecular weight excluding hydrogens is 456 g/mol. The van der Waals surface area contributed by atoms with Crippen molar-refractivity contribution in [1.82, 2.24) is 19.7 Å². The molecular formula is C27H26N6O3. The summed E-state index contributed by atoms with van der Waals surface area (Å²) < 4.78 is 7.66. The highest BCUT2D eigenvalue weighted by atomic mass is 16.5. The van der Waals surface area contributed by atoms with Crippen molar-refractivity contribution in [3.05, 3.63) is 95.0 Å². The molecule has 2 heterocycles. The predicted molar refractivity (Wildman–Crippen MR) is 140 cm³/mol. The Hall–Kier alpha value is -4.79. The minimum atomic E-state index is -0.393. The normalized spacial score (nSPS) is 11.4. The zero-order chi connectivity index (χ0) is 25.3. The number of amides is 2. The summed E-state index contributed by atoms with van der Waals surface area (Å²) in [6, 6.07) is 23.5. The van der Waals surface area contributed by atoms with Crippen molar-refractivity contribution in [3.63, 3.8) is 0 Å². The second-order valence-electron chi connectivity index (χ2n) is 9.38. The van der Waals surface area contributed by atoms with Crippen LogP contribution < -0.4 is 21.1 Å². The van der Waals surface area contributed by atoms with Crippen LogP contribution in [0.3, 0.4) is 0 Å². The highest BCUT2D eigenvalue weighted by Crippen LogP contribution is 2.29. The molecule has 9 heteroatoms. The second kappa shape index (κ2) is 9.10. The van der Waals surface area contributed by atoms with Gasteiger partial charge in [0.1, 0.15) is 17.1 Å². The van der Waals surface area contributed by atoms with Gasteiger partial charge in [0, 0.05) is 17.2 Å². The Labute approximate surface area is 207 Å². The zero-order valence-electron chi connectivity index (χ0n) is 20.1. The van der Waals surface area contributed by atoms with Gasteiger partial charge in [0.2, 0.25) is 0 Å². The van der Waals surface area contributed by atoms with Gasteiger partial charge < -0.3 is 20.0 Å². The molecule has 0 aliphatic heterocycles. The lowest BCUT2D eigenvalue weighted by molar-refractivity contribution is 0.262. The van der Waals surface area contributed by atoms with Gasteiger partial charge in [0.05, 0.1) is 16.9 Å². The van der Waals surface area contributed by atoms with E-state index in [0.717, 1.165) is 11.4 Å². The van der Waals surface area contributed by atoms with Crippen LogP contribution in [0, 0.1) is 0 Å². The summed E-state index contributed by atoms with van der Waals surface area (Å²) >= 11 is 0. The van der Waals surface area contributed by atoms with Crippen molar-refractivity contribution in [2.75, 3.05) is 10.6 Å². The number of carbonyl (C=O) groups excluding carboxylic acids is 1. The number of H-pyrrole nitrogens is 2. The van der Waals surface area contributed by atoms with Crippen molar-refractivity contribution in [2.24, 2.45) is 0 Å². The largest absolute Gasteiger partial charge is 0.455 e. The van der Waals surface area contributed by atoms with Gasteiger partial charge in [-0.25, -0.2) is 14.3 Å². The molecule has 36 heavy (non-hydrogen) atoms. The van der Waals surface area contributed by atoms with E-state index in [4.69, 9.17) is 9.84 Å². The van der Waals surface area contributed by atoms with E-state index in [0.29, 0.717) is 34.0 Å². The number of fused-ring (bicyclic) bond motifs is 1. The summed E-state index contributed by atoms with van der Waals surface area (Å²) in [4.78, 5) is 29.9. The molecule has 0 radical (unpaired) electrons. The first-order valence-electron chi connectivity index (χ1n) is 11.5. The number of ether oxygens (including phenoxy) is 1. The lowest BCUT2D eigenvalue weighted by atomic mass is 9.92. The number of hydrogen-bond acceptors (Lipinski definition) is 4. The highest BCUT2D eigenvalue weighted by molar-refractivity contribution is 5.99. The molecule has 0 unspecified atom stereocenters. The van der Waals surface area contributed by atoms with Gasteiger partial charge in [-0.1, -0.05) is 45.0 Å². The predicted octanol–water partition coefficient (Wildman–Crippen LogP) is 5.78. The number of aromatic nitrogens is 4. The van der Waals surface area contributed by atoms with E-state index in [1.54, 1.807) is 47.1 Å². The van der Waals surface area contributed by atoms with Gasteiger partial charge in [-0.3, -0.25) is 5.32 Å². The molecule has 2 aromatic heterocycles. The fourth-order valence-corrected chi connectivity index (χ4v) is 3.73. The average Bonchev–Trinajstić information content (AvgIpc) is 3.44. The lowest BCUT2D eigenvalue weighted by Gasteiger charge is -2.14. The Morgan fingerprint density at radius 3 is 2.39 bits per heavy atom. The fourth-order valence-electron chi connectivity index (χ4n) is 3.73. The molecule has 5 aromatic rings. The van der Waals surface area contributed by atoms with Crippen LogP contribution in [0.2, 0.25) is 0 Å². The number of para-hydroxylation sites is 2. The quantitative estimate of drug-likeness (QED) is 0.254. The summed E-state index contributed by atoms with van der Waals surface area (Å²) in [5.41, 5.74) is 3.08. The van der Waals surface area contributed by atoms with Gasteiger partial charge in [-0.2, -0.15) is 5.10 Å². The minimum absolute atomic E-state index is 0.180. The molecule has 2 amide bonds. The lowest BCUT2D eigenvalue weighted by Crippen LogP contribution is -2.21. The Kier molecular flexibility index (Phi) is 5.81. The summed E-state index contributed by atoms with van der Waals surface area (Å²) in [6.07, 6.45) is 0. The van der Waals surface area contributed by atoms with Crippen LogP contribution >= 0.6 is 0 Å². The van der Waals surface area contributed by atoms with Gasteiger partial charge in [-0.15, -0.1) is 0 Å². The van der Waals surface area contributed by atoms with E-state index in [9.17, 15) is 9.59 Å². The van der Waals surface area contributed by atoms with E-state index in [1.165, 1.54) is 0 Å². The van der Waals surface area contributed by atoms with Crippen LogP contribution in [0.15, 0.2) is 83.7 Å². The van der Waals surface area contributed by atoms with Crippen molar-refractivity contribution < 1.29 is 9.53 Å². The third kappa shape index (κ3) is 4.85. The number of benzene rings is 3. The van der Waals surface area contributed by atoms with E-state index >= 15 is 0 Å². The van der Waals surface area contributed by atoms with Crippen LogP contribution in [0.25, 0.3) is 16.7 Å². The SMILES string of the molecule is CC(C)(C)c1cc(NC(=O)Nc2ccc(Oc3cccc4[nH]c(=O)[nH]c34)cc2)n(-c2ccccc2)n1. The molecule has 9 nitrogen and oxygen atoms in total. The molecule has 0 aliphatic rings. The number of carbonyl (C=O) groups is 1. The number of aromatic amines is 2. The van der Waals surface area contributed by atoms with E-state index in [-0.39, 0.29) is 11.1 Å². The maximum absolute atomic E-state index is 12.8. The summed E-state index contributed by atoms with van der Waals surface area (Å²) in [6.45, 7) is 6.23. The number of nitrogens with zero attached hydrogens (tertiary/aromatic N) is 2. The van der Waals surface area contributed by atoms with Crippen molar-refractivity contribution in [3.8, 4) is 17.2 Å². The van der Waals surface area contributed by atoms with Crippen LogP contribution in [-0.4, -0.2) is 25.8 Å². The molecule has 0 saturated heterocycles. The molecule has 0 aliphatic carbocycles. The Balaban J connectivity index is 1.30. The number of urea groups is 1. The molecule has 4 N–H and O–H groups in total. The third-order valence-corrected chi connectivity index (χ3v) is 5.57. The van der Waals surface area contributed by atoms with E-state index < -0.39 is 6.03 Å². The Morgan fingerprint density at radius 1 is 0.917 bits per heavy atom. The Bertz CT molecular complexity index is 1570. The molecule has 0 saturated carbocycles. The van der Waals surface area contributed by atoms with Gasteiger partial charge in [-0.05, 0) is 48.5 Å². The zero-order valence-corrected chi connectivity index (χ0v) is 20.1. The second-order valence-corrected chi connectivity index (χ2v) is 9.38. The molecule has 0 fully saturated rings. The van der Waals surface area contributed by atoms with Crippen LogP contribution in [0.4, 0.5) is 16.3 Å². The van der Waals surface area contributed by atoms with Crippen LogP contribution in [0.5, 0.6) is 11.5 Å². The smallest absolute Gasteiger partial charge is 0.324 e. The molecule has 5 rings (SSSR count). The Morgan fingerprint density at radius 2 is 1.67 bits per heavy atom. The van der Waals surface area contributed by atoms with Gasteiger partial charge in [0.15, 0.2) is 5.75 Å². The van der Waals surface area contributed by atoms with Crippen LogP contribution in [0.1, 0.15) is 26.5 Å². The van der Waals surface area contributed by atoms with Crippen molar-refractivity contribution >= 4 is 28.6 Å². The number of imidazole rings is 1. The minimum Gasteiger partial charge on any atom is -0.455 e. The molecule has 0 bridgehead atoms. The molecule has 0 spiro atoms. The summed E-state index contributed by atoms with van der Waals surface area (Å²) in [7, 11) is 0. The van der Waals surface area contributed by atoms with Gasteiger partial charge >= 0.3 is 11.7 Å². The number of anilines is 2. The van der Waals surface area contributed by atoms with Gasteiger partial charge in [0.25, 0.3) is 0 Å². The maximum Gasteiger partial charge on any atom is 0.324 e. The van der Waals surface area contributed by atoms with E-state index in [1.807, 2.05) is 36.4 Å². The average molecular weight is 483 g/mol. The summed E-state index contributed by atoms with van der Waals surface area (Å²) in [5.74, 6) is 1.65. The summed E-state index contributed by atoms with van der Waals surface area (Å²) in [5, 5.41) is 10.5. The highest BCUT2D eigenvalue weighted by Gasteiger charge is 2.21. The molecule has 0 atom stereocenters. The molecule has 182 valence electrons.